The summed E-state index contributed by atoms with van der Waals surface area (Å²) in [6.45, 7) is 1.77. The zero-order valence-corrected chi connectivity index (χ0v) is 14.3. The number of likely N-dealkylation sites (N-methyl/N-ethyl adjacent to an activating group) is 1. The fraction of sp³-hybridized carbons (Fsp3) is 0.250. The zero-order valence-electron chi connectivity index (χ0n) is 14.3. The van der Waals surface area contributed by atoms with E-state index in [0.717, 1.165) is 10.5 Å². The van der Waals surface area contributed by atoms with Gasteiger partial charge in [0, 0.05) is 30.7 Å². The van der Waals surface area contributed by atoms with Gasteiger partial charge in [-0.2, -0.15) is 0 Å². The minimum absolute atomic E-state index is 0.334. The number of hydrogen-bond acceptors (Lipinski definition) is 5. The number of hydrogen-bond donors (Lipinski definition) is 0. The molecule has 0 unspecified atom stereocenters. The molecule has 1 spiro atoms. The van der Waals surface area contributed by atoms with Gasteiger partial charge < -0.3 is 9.47 Å². The lowest BCUT2D eigenvalue weighted by Crippen LogP contribution is -2.74. The molecule has 0 aromatic heterocycles. The number of ether oxygens (including phenoxy) is 2. The lowest BCUT2D eigenvalue weighted by Gasteiger charge is -2.56. The second kappa shape index (κ2) is 4.80. The Labute approximate surface area is 150 Å². The topological polar surface area (TPSA) is 68.2 Å². The number of carbonyl (C=O) groups excluding carboxylic acids is 2. The van der Waals surface area contributed by atoms with Crippen molar-refractivity contribution in [2.45, 2.75) is 24.4 Å². The van der Waals surface area contributed by atoms with E-state index in [0.29, 0.717) is 17.0 Å². The Morgan fingerprint density at radius 1 is 1.04 bits per heavy atom. The highest BCUT2D eigenvalue weighted by Gasteiger charge is 2.75. The number of fused-ring (bicyclic) bond motifs is 4. The van der Waals surface area contributed by atoms with Crippen LogP contribution < -0.4 is 0 Å². The van der Waals surface area contributed by atoms with Crippen LogP contribution in [0.15, 0.2) is 59.6 Å². The molecule has 130 valence electrons. The highest BCUT2D eigenvalue weighted by molar-refractivity contribution is 6.13. The number of imide groups is 1. The Hall–Kier alpha value is -2.99. The SMILES string of the molecule is CN1C(=O)c2ccccc2[C@@]2(O[C@]3(C)OC(c4ccccc4)=N[C@H]32)C1=O. The summed E-state index contributed by atoms with van der Waals surface area (Å²) < 4.78 is 12.1. The number of nitrogens with zero attached hydrogens (tertiary/aromatic N) is 2. The van der Waals surface area contributed by atoms with Crippen molar-refractivity contribution in [2.75, 3.05) is 7.05 Å². The largest absolute Gasteiger partial charge is 0.443 e. The fourth-order valence-electron chi connectivity index (χ4n) is 4.07. The average molecular weight is 348 g/mol. The summed E-state index contributed by atoms with van der Waals surface area (Å²) in [4.78, 5) is 31.4. The standard InChI is InChI=1S/C20H16N2O4/c1-19-17(21-15(25-19)12-8-4-3-5-9-12)20(26-19)14-11-7-6-10-13(14)16(23)22(2)18(20)24/h3-11,17H,1-2H3/t17-,19+,20+/m1/s1. The first kappa shape index (κ1) is 15.3. The Balaban J connectivity index is 1.67. The first-order chi connectivity index (χ1) is 12.5. The van der Waals surface area contributed by atoms with Crippen molar-refractivity contribution in [2.24, 2.45) is 4.99 Å². The maximum absolute atomic E-state index is 13.1. The van der Waals surface area contributed by atoms with Crippen LogP contribution in [0.1, 0.15) is 28.4 Å². The van der Waals surface area contributed by atoms with E-state index in [9.17, 15) is 9.59 Å². The molecule has 1 fully saturated rings. The molecule has 5 rings (SSSR count). The van der Waals surface area contributed by atoms with Gasteiger partial charge in [0.25, 0.3) is 11.8 Å². The van der Waals surface area contributed by atoms with Crippen molar-refractivity contribution in [3.8, 4) is 0 Å². The van der Waals surface area contributed by atoms with Crippen LogP contribution in [0, 0.1) is 0 Å². The third kappa shape index (κ3) is 1.67. The summed E-state index contributed by atoms with van der Waals surface area (Å²) in [7, 11) is 1.47. The van der Waals surface area contributed by atoms with E-state index in [-0.39, 0.29) is 5.91 Å². The molecular weight excluding hydrogens is 332 g/mol. The predicted octanol–water partition coefficient (Wildman–Crippen LogP) is 2.09. The number of amides is 2. The molecule has 3 heterocycles. The second-order valence-electron chi connectivity index (χ2n) is 6.87. The summed E-state index contributed by atoms with van der Waals surface area (Å²) in [5.41, 5.74) is 0.505. The minimum atomic E-state index is -1.33. The van der Waals surface area contributed by atoms with Gasteiger partial charge in [-0.05, 0) is 18.2 Å². The molecule has 0 aliphatic carbocycles. The van der Waals surface area contributed by atoms with Crippen molar-refractivity contribution in [1.29, 1.82) is 0 Å². The molecule has 6 heteroatoms. The molecule has 0 bridgehead atoms. The van der Waals surface area contributed by atoms with Gasteiger partial charge in [-0.1, -0.05) is 36.4 Å². The highest BCUT2D eigenvalue weighted by atomic mass is 16.7. The number of rotatable bonds is 1. The van der Waals surface area contributed by atoms with Crippen LogP contribution in [0.5, 0.6) is 0 Å². The molecule has 2 aromatic carbocycles. The quantitative estimate of drug-likeness (QED) is 0.740. The van der Waals surface area contributed by atoms with Crippen molar-refractivity contribution >= 4 is 17.7 Å². The number of carbonyl (C=O) groups is 2. The maximum Gasteiger partial charge on any atom is 0.268 e. The van der Waals surface area contributed by atoms with Crippen LogP contribution in [-0.4, -0.2) is 41.5 Å². The molecule has 0 saturated carbocycles. The van der Waals surface area contributed by atoms with E-state index in [2.05, 4.69) is 0 Å². The van der Waals surface area contributed by atoms with Gasteiger partial charge >= 0.3 is 0 Å². The lowest BCUT2D eigenvalue weighted by atomic mass is 9.72. The summed E-state index contributed by atoms with van der Waals surface area (Å²) in [6.07, 6.45) is 0. The summed E-state index contributed by atoms with van der Waals surface area (Å²) >= 11 is 0. The van der Waals surface area contributed by atoms with Crippen LogP contribution >= 0.6 is 0 Å². The molecule has 0 radical (unpaired) electrons. The van der Waals surface area contributed by atoms with Crippen LogP contribution in [0.2, 0.25) is 0 Å². The molecule has 6 nitrogen and oxygen atoms in total. The first-order valence-electron chi connectivity index (χ1n) is 8.42. The van der Waals surface area contributed by atoms with Gasteiger partial charge in [0.1, 0.15) is 0 Å². The fourth-order valence-corrected chi connectivity index (χ4v) is 4.07. The Bertz CT molecular complexity index is 986. The highest BCUT2D eigenvalue weighted by Crippen LogP contribution is 2.57. The Morgan fingerprint density at radius 3 is 2.50 bits per heavy atom. The van der Waals surface area contributed by atoms with Crippen molar-refractivity contribution < 1.29 is 19.1 Å². The van der Waals surface area contributed by atoms with Crippen LogP contribution in [0.4, 0.5) is 0 Å². The average Bonchev–Trinajstić information content (AvgIpc) is 2.94. The molecule has 2 aromatic rings. The molecule has 3 aliphatic rings. The van der Waals surface area contributed by atoms with Crippen LogP contribution in [0.3, 0.4) is 0 Å². The van der Waals surface area contributed by atoms with Gasteiger partial charge in [-0.15, -0.1) is 0 Å². The summed E-state index contributed by atoms with van der Waals surface area (Å²) in [5, 5.41) is 0. The summed E-state index contributed by atoms with van der Waals surface area (Å²) in [6, 6.07) is 16.0. The Kier molecular flexibility index (Phi) is 2.82. The van der Waals surface area contributed by atoms with Gasteiger partial charge in [-0.3, -0.25) is 14.5 Å². The smallest absolute Gasteiger partial charge is 0.268 e. The zero-order chi connectivity index (χ0) is 18.1. The normalized spacial score (nSPS) is 31.8. The van der Waals surface area contributed by atoms with E-state index in [1.54, 1.807) is 31.2 Å². The number of aliphatic imine (C=N–C) groups is 1. The summed E-state index contributed by atoms with van der Waals surface area (Å²) in [5.74, 6) is -1.33. The lowest BCUT2D eigenvalue weighted by molar-refractivity contribution is -0.347. The molecule has 3 aliphatic heterocycles. The second-order valence-corrected chi connectivity index (χ2v) is 6.87. The maximum atomic E-state index is 13.1. The first-order valence-corrected chi connectivity index (χ1v) is 8.42. The molecule has 3 atom stereocenters. The van der Waals surface area contributed by atoms with E-state index in [4.69, 9.17) is 14.5 Å². The van der Waals surface area contributed by atoms with Gasteiger partial charge in [0.05, 0.1) is 0 Å². The molecule has 1 saturated heterocycles. The van der Waals surface area contributed by atoms with E-state index in [1.165, 1.54) is 7.05 Å². The van der Waals surface area contributed by atoms with Crippen LogP contribution in [-0.2, 0) is 19.9 Å². The molecular formula is C20H16N2O4. The number of benzene rings is 2. The van der Waals surface area contributed by atoms with Crippen LogP contribution in [0.25, 0.3) is 0 Å². The molecule has 0 N–H and O–H groups in total. The Morgan fingerprint density at radius 2 is 1.73 bits per heavy atom. The third-order valence-electron chi connectivity index (χ3n) is 5.30. The predicted molar refractivity (Wildman–Crippen MR) is 92.6 cm³/mol. The van der Waals surface area contributed by atoms with E-state index >= 15 is 0 Å². The third-order valence-corrected chi connectivity index (χ3v) is 5.30. The van der Waals surface area contributed by atoms with Crippen molar-refractivity contribution in [1.82, 2.24) is 4.90 Å². The molecule has 26 heavy (non-hydrogen) atoms. The monoisotopic (exact) mass is 348 g/mol. The van der Waals surface area contributed by atoms with E-state index < -0.39 is 23.3 Å². The van der Waals surface area contributed by atoms with Gasteiger partial charge in [-0.25, -0.2) is 4.99 Å². The van der Waals surface area contributed by atoms with Crippen molar-refractivity contribution in [3.05, 3.63) is 71.3 Å². The van der Waals surface area contributed by atoms with Crippen molar-refractivity contribution in [3.63, 3.8) is 0 Å². The van der Waals surface area contributed by atoms with Gasteiger partial charge in [0.2, 0.25) is 17.3 Å². The minimum Gasteiger partial charge on any atom is -0.443 e. The molecule has 2 amide bonds. The van der Waals surface area contributed by atoms with Gasteiger partial charge in [0.15, 0.2) is 6.04 Å². The van der Waals surface area contributed by atoms with E-state index in [1.807, 2.05) is 30.3 Å².